The standard InChI is InChI=1S/C11H16ClNO/c1-8-3-4-9(12)7-10(8)11(2,13)5-6-14/h3-4,7,14H,5-6,13H2,1-2H3. The topological polar surface area (TPSA) is 46.2 Å². The SMILES string of the molecule is Cc1ccc(Cl)cc1C(C)(N)CCO. The lowest BCUT2D eigenvalue weighted by molar-refractivity contribution is 0.247. The van der Waals surface area contributed by atoms with Gasteiger partial charge in [-0.15, -0.1) is 0 Å². The fourth-order valence-electron chi connectivity index (χ4n) is 1.58. The Morgan fingerprint density at radius 3 is 2.71 bits per heavy atom. The maximum atomic E-state index is 8.91. The largest absolute Gasteiger partial charge is 0.396 e. The van der Waals surface area contributed by atoms with E-state index in [0.717, 1.165) is 11.1 Å². The van der Waals surface area contributed by atoms with Crippen molar-refractivity contribution in [2.75, 3.05) is 6.61 Å². The molecule has 0 bridgehead atoms. The van der Waals surface area contributed by atoms with Crippen molar-refractivity contribution in [2.45, 2.75) is 25.8 Å². The van der Waals surface area contributed by atoms with Gasteiger partial charge in [0.2, 0.25) is 0 Å². The molecule has 2 nitrogen and oxygen atoms in total. The van der Waals surface area contributed by atoms with Crippen LogP contribution in [0.15, 0.2) is 18.2 Å². The molecule has 0 aromatic heterocycles. The summed E-state index contributed by atoms with van der Waals surface area (Å²) in [5.74, 6) is 0. The molecule has 0 aliphatic rings. The molecule has 1 aromatic carbocycles. The molecule has 0 aliphatic heterocycles. The quantitative estimate of drug-likeness (QED) is 0.809. The number of hydrogen-bond acceptors (Lipinski definition) is 2. The van der Waals surface area contributed by atoms with Gasteiger partial charge in [-0.05, 0) is 43.5 Å². The Kier molecular flexibility index (Phi) is 3.53. The Labute approximate surface area is 89.7 Å². The molecule has 14 heavy (non-hydrogen) atoms. The van der Waals surface area contributed by atoms with Gasteiger partial charge in [-0.1, -0.05) is 17.7 Å². The van der Waals surface area contributed by atoms with Gasteiger partial charge in [0, 0.05) is 17.2 Å². The Bertz CT molecular complexity index is 323. The highest BCUT2D eigenvalue weighted by Gasteiger charge is 2.22. The van der Waals surface area contributed by atoms with Crippen LogP contribution in [-0.4, -0.2) is 11.7 Å². The van der Waals surface area contributed by atoms with Crippen LogP contribution in [0.1, 0.15) is 24.5 Å². The molecule has 0 amide bonds. The van der Waals surface area contributed by atoms with Crippen LogP contribution in [0.2, 0.25) is 5.02 Å². The zero-order valence-electron chi connectivity index (χ0n) is 8.55. The van der Waals surface area contributed by atoms with E-state index in [9.17, 15) is 0 Å². The Hall–Kier alpha value is -0.570. The molecule has 1 rings (SSSR count). The van der Waals surface area contributed by atoms with Crippen LogP contribution >= 0.6 is 11.6 Å². The number of benzene rings is 1. The van der Waals surface area contributed by atoms with Gasteiger partial charge in [0.25, 0.3) is 0 Å². The molecule has 0 saturated carbocycles. The summed E-state index contributed by atoms with van der Waals surface area (Å²) in [6.07, 6.45) is 0.536. The molecule has 78 valence electrons. The lowest BCUT2D eigenvalue weighted by atomic mass is 9.87. The van der Waals surface area contributed by atoms with E-state index in [1.165, 1.54) is 0 Å². The van der Waals surface area contributed by atoms with Gasteiger partial charge in [0.1, 0.15) is 0 Å². The highest BCUT2D eigenvalue weighted by molar-refractivity contribution is 6.30. The molecule has 1 atom stereocenters. The van der Waals surface area contributed by atoms with Crippen LogP contribution in [-0.2, 0) is 5.54 Å². The highest BCUT2D eigenvalue weighted by atomic mass is 35.5. The molecule has 1 aromatic rings. The van der Waals surface area contributed by atoms with Crippen molar-refractivity contribution in [3.05, 3.63) is 34.3 Å². The van der Waals surface area contributed by atoms with Crippen LogP contribution in [0, 0.1) is 6.92 Å². The van der Waals surface area contributed by atoms with Crippen LogP contribution in [0.3, 0.4) is 0 Å². The van der Waals surface area contributed by atoms with E-state index < -0.39 is 5.54 Å². The number of aryl methyl sites for hydroxylation is 1. The highest BCUT2D eigenvalue weighted by Crippen LogP contribution is 2.27. The van der Waals surface area contributed by atoms with Gasteiger partial charge in [0.05, 0.1) is 0 Å². The van der Waals surface area contributed by atoms with E-state index in [2.05, 4.69) is 0 Å². The van der Waals surface area contributed by atoms with Crippen molar-refractivity contribution in [1.29, 1.82) is 0 Å². The van der Waals surface area contributed by atoms with Gasteiger partial charge in [0.15, 0.2) is 0 Å². The molecular weight excluding hydrogens is 198 g/mol. The molecule has 0 fully saturated rings. The second kappa shape index (κ2) is 4.30. The first-order valence-corrected chi connectivity index (χ1v) is 5.01. The van der Waals surface area contributed by atoms with E-state index in [4.69, 9.17) is 22.4 Å². The van der Waals surface area contributed by atoms with E-state index in [1.54, 1.807) is 0 Å². The maximum Gasteiger partial charge on any atom is 0.0451 e. The Morgan fingerprint density at radius 2 is 2.14 bits per heavy atom. The summed E-state index contributed by atoms with van der Waals surface area (Å²) in [6, 6.07) is 5.65. The molecule has 0 aliphatic carbocycles. The van der Waals surface area contributed by atoms with E-state index in [-0.39, 0.29) is 6.61 Å². The molecule has 0 radical (unpaired) electrons. The summed E-state index contributed by atoms with van der Waals surface area (Å²) in [5, 5.41) is 9.59. The van der Waals surface area contributed by atoms with Crippen LogP contribution in [0.25, 0.3) is 0 Å². The number of aliphatic hydroxyl groups excluding tert-OH is 1. The van der Waals surface area contributed by atoms with Crippen molar-refractivity contribution >= 4 is 11.6 Å². The average Bonchev–Trinajstić information content (AvgIpc) is 2.09. The van der Waals surface area contributed by atoms with E-state index >= 15 is 0 Å². The van der Waals surface area contributed by atoms with Crippen LogP contribution in [0.5, 0.6) is 0 Å². The third kappa shape index (κ3) is 2.47. The number of nitrogens with two attached hydrogens (primary N) is 1. The maximum absolute atomic E-state index is 8.91. The van der Waals surface area contributed by atoms with Crippen molar-refractivity contribution in [3.8, 4) is 0 Å². The molecule has 0 spiro atoms. The molecule has 1 unspecified atom stereocenters. The summed E-state index contributed by atoms with van der Waals surface area (Å²) in [6.45, 7) is 3.98. The first-order chi connectivity index (χ1) is 6.47. The first kappa shape index (κ1) is 11.5. The normalized spacial score (nSPS) is 15.2. The van der Waals surface area contributed by atoms with Gasteiger partial charge in [-0.25, -0.2) is 0 Å². The summed E-state index contributed by atoms with van der Waals surface area (Å²) < 4.78 is 0. The number of rotatable bonds is 3. The smallest absolute Gasteiger partial charge is 0.0451 e. The van der Waals surface area contributed by atoms with Crippen LogP contribution < -0.4 is 5.73 Å². The Morgan fingerprint density at radius 1 is 1.50 bits per heavy atom. The Balaban J connectivity index is 3.10. The number of aliphatic hydroxyl groups is 1. The number of halogens is 1. The van der Waals surface area contributed by atoms with Gasteiger partial charge in [-0.2, -0.15) is 0 Å². The average molecular weight is 214 g/mol. The third-order valence-electron chi connectivity index (χ3n) is 2.45. The molecular formula is C11H16ClNO. The predicted molar refractivity (Wildman–Crippen MR) is 59.4 cm³/mol. The van der Waals surface area contributed by atoms with Crippen molar-refractivity contribution in [1.82, 2.24) is 0 Å². The van der Waals surface area contributed by atoms with E-state index in [1.807, 2.05) is 32.0 Å². The lowest BCUT2D eigenvalue weighted by Gasteiger charge is -2.26. The zero-order chi connectivity index (χ0) is 10.8. The zero-order valence-corrected chi connectivity index (χ0v) is 9.30. The summed E-state index contributed by atoms with van der Waals surface area (Å²) in [7, 11) is 0. The van der Waals surface area contributed by atoms with Gasteiger partial charge >= 0.3 is 0 Å². The minimum absolute atomic E-state index is 0.0823. The fraction of sp³-hybridized carbons (Fsp3) is 0.455. The van der Waals surface area contributed by atoms with Crippen molar-refractivity contribution in [2.24, 2.45) is 5.73 Å². The van der Waals surface area contributed by atoms with E-state index in [0.29, 0.717) is 11.4 Å². The lowest BCUT2D eigenvalue weighted by Crippen LogP contribution is -2.34. The minimum Gasteiger partial charge on any atom is -0.396 e. The van der Waals surface area contributed by atoms with Gasteiger partial charge < -0.3 is 10.8 Å². The summed E-state index contributed by atoms with van der Waals surface area (Å²) in [4.78, 5) is 0. The fourth-order valence-corrected chi connectivity index (χ4v) is 1.75. The molecule has 0 heterocycles. The summed E-state index contributed by atoms with van der Waals surface area (Å²) >= 11 is 5.90. The second-order valence-corrected chi connectivity index (χ2v) is 4.29. The van der Waals surface area contributed by atoms with Gasteiger partial charge in [-0.3, -0.25) is 0 Å². The molecule has 3 heteroatoms. The predicted octanol–water partition coefficient (Wildman–Crippen LogP) is 2.20. The molecule has 3 N–H and O–H groups in total. The van der Waals surface area contributed by atoms with Crippen molar-refractivity contribution in [3.63, 3.8) is 0 Å². The minimum atomic E-state index is -0.510. The molecule has 0 saturated heterocycles. The first-order valence-electron chi connectivity index (χ1n) is 4.64. The van der Waals surface area contributed by atoms with Crippen LogP contribution in [0.4, 0.5) is 0 Å². The monoisotopic (exact) mass is 213 g/mol. The third-order valence-corrected chi connectivity index (χ3v) is 2.68. The number of hydrogen-bond donors (Lipinski definition) is 2. The second-order valence-electron chi connectivity index (χ2n) is 3.85. The summed E-state index contributed by atoms with van der Waals surface area (Å²) in [5.41, 5.74) is 7.69. The van der Waals surface area contributed by atoms with Crippen molar-refractivity contribution < 1.29 is 5.11 Å².